The first-order valence-electron chi connectivity index (χ1n) is 10.6. The minimum absolute atomic E-state index is 0.228. The highest BCUT2D eigenvalue weighted by molar-refractivity contribution is 5.77. The second kappa shape index (κ2) is 9.01. The van der Waals surface area contributed by atoms with Crippen molar-refractivity contribution in [3.63, 3.8) is 0 Å². The van der Waals surface area contributed by atoms with Crippen LogP contribution in [0, 0.1) is 11.2 Å². The maximum Gasteiger partial charge on any atom is 0.313 e. The van der Waals surface area contributed by atoms with Gasteiger partial charge in [0.15, 0.2) is 0 Å². The fraction of sp³-hybridized carbons (Fsp3) is 0.435. The van der Waals surface area contributed by atoms with Gasteiger partial charge in [-0.3, -0.25) is 9.69 Å². The summed E-state index contributed by atoms with van der Waals surface area (Å²) in [4.78, 5) is 19.5. The monoisotopic (exact) mass is 426 g/mol. The van der Waals surface area contributed by atoms with Crippen molar-refractivity contribution in [2.75, 3.05) is 19.7 Å². The van der Waals surface area contributed by atoms with Gasteiger partial charge in [-0.15, -0.1) is 0 Å². The molecule has 1 aliphatic rings. The Morgan fingerprint density at radius 3 is 2.94 bits per heavy atom. The van der Waals surface area contributed by atoms with Gasteiger partial charge in [-0.2, -0.15) is 0 Å². The van der Waals surface area contributed by atoms with Gasteiger partial charge in [0.2, 0.25) is 0 Å². The van der Waals surface area contributed by atoms with E-state index in [0.717, 1.165) is 18.7 Å². The van der Waals surface area contributed by atoms with Gasteiger partial charge in [-0.25, -0.2) is 9.37 Å². The van der Waals surface area contributed by atoms with Gasteiger partial charge >= 0.3 is 5.97 Å². The lowest BCUT2D eigenvalue weighted by molar-refractivity contribution is -0.159. The van der Waals surface area contributed by atoms with E-state index in [1.165, 1.54) is 6.07 Å². The van der Waals surface area contributed by atoms with Crippen LogP contribution >= 0.6 is 0 Å². The number of hydrogen-bond acceptors (Lipinski definition) is 6. The summed E-state index contributed by atoms with van der Waals surface area (Å²) in [5.41, 5.74) is 1.15. The van der Waals surface area contributed by atoms with E-state index in [9.17, 15) is 9.18 Å². The average Bonchev–Trinajstić information content (AvgIpc) is 3.38. The molecule has 4 rings (SSSR count). The van der Waals surface area contributed by atoms with Crippen molar-refractivity contribution in [3.05, 3.63) is 60.1 Å². The third-order valence-electron chi connectivity index (χ3n) is 5.89. The number of nitrogens with zero attached hydrogens (tertiary/aromatic N) is 4. The van der Waals surface area contributed by atoms with E-state index in [1.807, 2.05) is 24.7 Å². The number of carbonyl (C=O) groups excluding carboxylic acids is 1. The summed E-state index contributed by atoms with van der Waals surface area (Å²) < 4.78 is 27.1. The maximum atomic E-state index is 14.1. The molecule has 31 heavy (non-hydrogen) atoms. The molecule has 0 N–H and O–H groups in total. The van der Waals surface area contributed by atoms with Crippen LogP contribution in [0.25, 0.3) is 11.3 Å². The molecule has 0 spiro atoms. The number of rotatable bonds is 7. The Morgan fingerprint density at radius 1 is 1.35 bits per heavy atom. The molecule has 1 atom stereocenters. The summed E-state index contributed by atoms with van der Waals surface area (Å²) in [5.74, 6) is -0.0373. The first-order chi connectivity index (χ1) is 15.0. The molecule has 0 radical (unpaired) electrons. The lowest BCUT2D eigenvalue weighted by Crippen LogP contribution is -2.49. The van der Waals surface area contributed by atoms with E-state index >= 15 is 0 Å². The zero-order chi connectivity index (χ0) is 21.8. The van der Waals surface area contributed by atoms with E-state index in [2.05, 4.69) is 15.0 Å². The highest BCUT2D eigenvalue weighted by Crippen LogP contribution is 2.37. The summed E-state index contributed by atoms with van der Waals surface area (Å²) in [6.07, 6.45) is 5.54. The summed E-state index contributed by atoms with van der Waals surface area (Å²) >= 11 is 0. The number of esters is 1. The Morgan fingerprint density at radius 2 is 2.19 bits per heavy atom. The molecule has 0 saturated carbocycles. The Balaban J connectivity index is 1.57. The SMILES string of the molecule is CCOC(=O)[C@@]1(Cc2cc(-c3ccccc3F)no2)CCCN(Cc2cncn2C)C1. The molecule has 1 fully saturated rings. The summed E-state index contributed by atoms with van der Waals surface area (Å²) in [6.45, 7) is 4.27. The number of benzene rings is 1. The van der Waals surface area contributed by atoms with Crippen LogP contribution < -0.4 is 0 Å². The molecule has 3 aromatic rings. The molecular formula is C23H27FN4O3. The molecule has 1 aromatic carbocycles. The second-order valence-corrected chi connectivity index (χ2v) is 8.15. The minimum atomic E-state index is -0.737. The smallest absolute Gasteiger partial charge is 0.313 e. The predicted octanol–water partition coefficient (Wildman–Crippen LogP) is 3.60. The van der Waals surface area contributed by atoms with E-state index in [-0.39, 0.29) is 11.8 Å². The topological polar surface area (TPSA) is 73.4 Å². The standard InChI is InChI=1S/C23H27FN4O3/c1-3-30-22(29)23(9-6-10-28(15-23)14-17-13-25-16-27(17)2)12-18-11-21(26-31-18)19-7-4-5-8-20(19)24/h4-5,7-8,11,13,16H,3,6,9-10,12,14-15H2,1-2H3/t23-/m1/s1. The number of piperidine rings is 1. The minimum Gasteiger partial charge on any atom is -0.466 e. The van der Waals surface area contributed by atoms with Gasteiger partial charge in [-0.05, 0) is 38.4 Å². The molecule has 0 amide bonds. The Labute approximate surface area is 180 Å². The first-order valence-corrected chi connectivity index (χ1v) is 10.6. The second-order valence-electron chi connectivity index (χ2n) is 8.15. The van der Waals surface area contributed by atoms with Crippen molar-refractivity contribution >= 4 is 5.97 Å². The molecular weight excluding hydrogens is 399 g/mol. The van der Waals surface area contributed by atoms with Crippen LogP contribution in [-0.4, -0.2) is 45.3 Å². The van der Waals surface area contributed by atoms with Gasteiger partial charge in [0.1, 0.15) is 17.3 Å². The van der Waals surface area contributed by atoms with Crippen molar-refractivity contribution in [3.8, 4) is 11.3 Å². The Kier molecular flexibility index (Phi) is 6.18. The zero-order valence-corrected chi connectivity index (χ0v) is 17.9. The number of aryl methyl sites for hydroxylation is 1. The van der Waals surface area contributed by atoms with E-state index < -0.39 is 5.41 Å². The van der Waals surface area contributed by atoms with Crippen molar-refractivity contribution < 1.29 is 18.4 Å². The molecule has 0 bridgehead atoms. The third-order valence-corrected chi connectivity index (χ3v) is 5.89. The third kappa shape index (κ3) is 4.54. The zero-order valence-electron chi connectivity index (χ0n) is 17.9. The van der Waals surface area contributed by atoms with Gasteiger partial charge in [-0.1, -0.05) is 17.3 Å². The normalized spacial score (nSPS) is 19.5. The largest absolute Gasteiger partial charge is 0.466 e. The highest BCUT2D eigenvalue weighted by Gasteiger charge is 2.44. The Hall–Kier alpha value is -3.00. The molecule has 2 aromatic heterocycles. The van der Waals surface area contributed by atoms with Crippen molar-refractivity contribution in [1.29, 1.82) is 0 Å². The number of carbonyl (C=O) groups is 1. The number of halogens is 1. The van der Waals surface area contributed by atoms with Crippen LogP contribution in [-0.2, 0) is 29.5 Å². The van der Waals surface area contributed by atoms with Crippen LogP contribution in [0.5, 0.6) is 0 Å². The highest BCUT2D eigenvalue weighted by atomic mass is 19.1. The van der Waals surface area contributed by atoms with Crippen LogP contribution in [0.4, 0.5) is 4.39 Å². The van der Waals surface area contributed by atoms with Crippen LogP contribution in [0.2, 0.25) is 0 Å². The number of ether oxygens (including phenoxy) is 1. The number of hydrogen-bond donors (Lipinski definition) is 0. The fourth-order valence-electron chi connectivity index (χ4n) is 4.32. The van der Waals surface area contributed by atoms with E-state index in [4.69, 9.17) is 9.26 Å². The summed E-state index contributed by atoms with van der Waals surface area (Å²) in [7, 11) is 1.96. The number of likely N-dealkylation sites (tertiary alicyclic amines) is 1. The average molecular weight is 426 g/mol. The van der Waals surface area contributed by atoms with Crippen molar-refractivity contribution in [1.82, 2.24) is 19.6 Å². The predicted molar refractivity (Wildman–Crippen MR) is 112 cm³/mol. The van der Waals surface area contributed by atoms with Gasteiger partial charge < -0.3 is 13.8 Å². The van der Waals surface area contributed by atoms with Gasteiger partial charge in [0.25, 0.3) is 0 Å². The molecule has 7 nitrogen and oxygen atoms in total. The molecule has 0 aliphatic carbocycles. The van der Waals surface area contributed by atoms with Crippen LogP contribution in [0.15, 0.2) is 47.4 Å². The summed E-state index contributed by atoms with van der Waals surface area (Å²) in [6, 6.07) is 8.16. The molecule has 1 saturated heterocycles. The first kappa shape index (κ1) is 21.2. The molecule has 3 heterocycles. The number of imidazole rings is 1. The quantitative estimate of drug-likeness (QED) is 0.538. The van der Waals surface area contributed by atoms with Crippen molar-refractivity contribution in [2.45, 2.75) is 32.7 Å². The lowest BCUT2D eigenvalue weighted by Gasteiger charge is -2.40. The number of aromatic nitrogens is 3. The maximum absolute atomic E-state index is 14.1. The van der Waals surface area contributed by atoms with E-state index in [1.54, 1.807) is 30.6 Å². The lowest BCUT2D eigenvalue weighted by atomic mass is 9.76. The van der Waals surface area contributed by atoms with Gasteiger partial charge in [0.05, 0.1) is 24.0 Å². The van der Waals surface area contributed by atoms with E-state index in [0.29, 0.717) is 49.6 Å². The summed E-state index contributed by atoms with van der Waals surface area (Å²) in [5, 5.41) is 4.05. The molecule has 164 valence electrons. The van der Waals surface area contributed by atoms with Crippen LogP contribution in [0.3, 0.4) is 0 Å². The molecule has 1 aliphatic heterocycles. The fourth-order valence-corrected chi connectivity index (χ4v) is 4.32. The van der Waals surface area contributed by atoms with Crippen molar-refractivity contribution in [2.24, 2.45) is 12.5 Å². The van der Waals surface area contributed by atoms with Crippen LogP contribution in [0.1, 0.15) is 31.2 Å². The van der Waals surface area contributed by atoms with Gasteiger partial charge in [0, 0.05) is 44.4 Å². The molecule has 8 heteroatoms. The molecule has 0 unspecified atom stereocenters. The Bertz CT molecular complexity index is 1050.